The van der Waals surface area contributed by atoms with E-state index < -0.39 is 23.8 Å². The second-order valence-electron chi connectivity index (χ2n) is 14.4. The summed E-state index contributed by atoms with van der Waals surface area (Å²) in [5, 5.41) is 12.4. The number of aliphatic carboxylic acids is 1. The monoisotopic (exact) mass is 712 g/mol. The van der Waals surface area contributed by atoms with Crippen molar-refractivity contribution in [2.45, 2.75) is 84.1 Å². The molecule has 51 heavy (non-hydrogen) atoms. The van der Waals surface area contributed by atoms with Crippen LogP contribution in [-0.4, -0.2) is 70.9 Å². The molecule has 1 amide bonds. The van der Waals surface area contributed by atoms with Gasteiger partial charge in [-0.15, -0.1) is 11.3 Å². The molecule has 0 aliphatic carbocycles. The molecule has 0 saturated heterocycles. The minimum absolute atomic E-state index is 0.0390. The molecule has 272 valence electrons. The summed E-state index contributed by atoms with van der Waals surface area (Å²) < 4.78 is 5.90. The zero-order valence-electron chi connectivity index (χ0n) is 30.8. The number of hydrogen-bond donors (Lipinski definition) is 2. The first-order valence-corrected chi connectivity index (χ1v) is 18.6. The predicted molar refractivity (Wildman–Crippen MR) is 204 cm³/mol. The van der Waals surface area contributed by atoms with Crippen LogP contribution in [0.15, 0.2) is 73.1 Å². The van der Waals surface area contributed by atoms with Crippen molar-refractivity contribution in [3.63, 3.8) is 0 Å². The number of hydrogen-bond acceptors (Lipinski definition) is 8. The van der Waals surface area contributed by atoms with Crippen LogP contribution in [0.3, 0.4) is 0 Å². The van der Waals surface area contributed by atoms with Crippen molar-refractivity contribution in [2.75, 3.05) is 27.2 Å². The van der Waals surface area contributed by atoms with Crippen molar-refractivity contribution >= 4 is 29.0 Å². The molecular weight excluding hydrogens is 661 g/mol. The lowest BCUT2D eigenvalue weighted by Crippen LogP contribution is -2.49. The number of benzene rings is 2. The summed E-state index contributed by atoms with van der Waals surface area (Å²) in [7, 11) is 3.49. The van der Waals surface area contributed by atoms with E-state index in [1.54, 1.807) is 31.4 Å². The van der Waals surface area contributed by atoms with E-state index in [9.17, 15) is 19.5 Å². The number of Topliss-reactive ketones (excluding diaryl/α,β-unsaturated/α-hetero) is 1. The van der Waals surface area contributed by atoms with E-state index in [4.69, 9.17) is 4.74 Å². The third-order valence-electron chi connectivity index (χ3n) is 8.64. The number of ketones is 1. The van der Waals surface area contributed by atoms with Gasteiger partial charge in [0.2, 0.25) is 5.91 Å². The quantitative estimate of drug-likeness (QED) is 0.0740. The van der Waals surface area contributed by atoms with Crippen LogP contribution in [0, 0.1) is 5.92 Å². The number of rotatable bonds is 19. The topological polar surface area (TPSA) is 122 Å². The molecule has 2 aromatic heterocycles. The minimum atomic E-state index is -1.12. The van der Waals surface area contributed by atoms with Crippen molar-refractivity contribution in [3.05, 3.63) is 88.4 Å². The number of thiophene rings is 1. The van der Waals surface area contributed by atoms with Crippen LogP contribution in [-0.2, 0) is 21.4 Å². The molecule has 1 unspecified atom stereocenters. The molecule has 2 atom stereocenters. The average Bonchev–Trinajstić information content (AvgIpc) is 3.62. The van der Waals surface area contributed by atoms with Crippen LogP contribution in [0.1, 0.15) is 86.3 Å². The van der Waals surface area contributed by atoms with Crippen LogP contribution in [0.5, 0.6) is 5.75 Å². The summed E-state index contributed by atoms with van der Waals surface area (Å²) in [5.41, 5.74) is 3.46. The van der Waals surface area contributed by atoms with E-state index in [1.165, 1.54) is 37.0 Å². The molecule has 0 spiro atoms. The van der Waals surface area contributed by atoms with Crippen LogP contribution in [0.25, 0.3) is 22.5 Å². The van der Waals surface area contributed by atoms with E-state index in [0.717, 1.165) is 45.9 Å². The Morgan fingerprint density at radius 1 is 0.863 bits per heavy atom. The lowest BCUT2D eigenvalue weighted by atomic mass is 9.92. The van der Waals surface area contributed by atoms with E-state index in [-0.39, 0.29) is 30.6 Å². The van der Waals surface area contributed by atoms with E-state index in [1.807, 2.05) is 60.7 Å². The Labute approximate surface area is 306 Å². The molecule has 0 bridgehead atoms. The molecular formula is C41H52N4O5S. The zero-order chi connectivity index (χ0) is 37.0. The highest BCUT2D eigenvalue weighted by atomic mass is 32.1. The van der Waals surface area contributed by atoms with Gasteiger partial charge in [-0.3, -0.25) is 9.59 Å². The van der Waals surface area contributed by atoms with Crippen LogP contribution in [0.2, 0.25) is 0 Å². The fourth-order valence-electron chi connectivity index (χ4n) is 5.65. The number of ether oxygens (including phenoxy) is 1. The lowest BCUT2D eigenvalue weighted by molar-refractivity contribution is -0.142. The molecule has 0 aliphatic heterocycles. The van der Waals surface area contributed by atoms with Gasteiger partial charge in [0.05, 0.1) is 11.5 Å². The smallest absolute Gasteiger partial charge is 0.327 e. The summed E-state index contributed by atoms with van der Waals surface area (Å²) in [6.45, 7) is 9.35. The maximum absolute atomic E-state index is 13.6. The molecule has 2 aromatic carbocycles. The van der Waals surface area contributed by atoms with Gasteiger partial charge in [0, 0.05) is 47.3 Å². The third-order valence-corrected chi connectivity index (χ3v) is 10.2. The average molecular weight is 713 g/mol. The summed E-state index contributed by atoms with van der Waals surface area (Å²) >= 11 is 1.44. The maximum atomic E-state index is 13.6. The molecule has 2 heterocycles. The highest BCUT2D eigenvalue weighted by molar-refractivity contribution is 7.14. The number of nitrogens with zero attached hydrogens (tertiary/aromatic N) is 3. The molecule has 2 N–H and O–H groups in total. The Hall–Kier alpha value is -4.41. The minimum Gasteiger partial charge on any atom is -0.494 e. The normalized spacial score (nSPS) is 12.8. The van der Waals surface area contributed by atoms with Crippen LogP contribution in [0.4, 0.5) is 0 Å². The third kappa shape index (κ3) is 12.1. The Bertz CT molecular complexity index is 1710. The number of unbranched alkanes of at least 4 members (excludes halogenated alkanes) is 4. The van der Waals surface area contributed by atoms with Crippen molar-refractivity contribution < 1.29 is 24.2 Å². The number of amides is 1. The Balaban J connectivity index is 1.43. The number of carboxylic acid groups (broad SMARTS) is 1. The van der Waals surface area contributed by atoms with Crippen molar-refractivity contribution in [1.29, 1.82) is 0 Å². The van der Waals surface area contributed by atoms with Crippen molar-refractivity contribution in [1.82, 2.24) is 20.2 Å². The molecule has 4 rings (SSSR count). The van der Waals surface area contributed by atoms with Gasteiger partial charge in [0.15, 0.2) is 11.6 Å². The first-order chi connectivity index (χ1) is 24.3. The molecule has 0 saturated carbocycles. The number of likely N-dealkylation sites (N-methyl/N-ethyl adjacent to an activating group) is 1. The van der Waals surface area contributed by atoms with Gasteiger partial charge in [0.25, 0.3) is 0 Å². The largest absolute Gasteiger partial charge is 0.494 e. The van der Waals surface area contributed by atoms with E-state index in [0.29, 0.717) is 10.7 Å². The molecule has 9 nitrogen and oxygen atoms in total. The van der Waals surface area contributed by atoms with Gasteiger partial charge in [-0.05, 0) is 67.7 Å². The van der Waals surface area contributed by atoms with Crippen LogP contribution >= 0.6 is 11.3 Å². The van der Waals surface area contributed by atoms with Crippen molar-refractivity contribution in [3.8, 4) is 28.3 Å². The Kier molecular flexibility index (Phi) is 14.5. The summed E-state index contributed by atoms with van der Waals surface area (Å²) in [6.07, 6.45) is 9.84. The SMILES string of the molecule is CCCCCCCOc1ccc(-c2cnc(-c3ccc(C[C@H](CC(=O)c4ccc(C(C)(C)C)s4)C(=O)NC(CN(C)C)C(=O)O)cc3)nc2)cc1. The second kappa shape index (κ2) is 18.7. The highest BCUT2D eigenvalue weighted by Crippen LogP contribution is 2.31. The molecule has 0 fully saturated rings. The molecule has 4 aromatic rings. The fraction of sp³-hybridized carbons (Fsp3) is 0.439. The Morgan fingerprint density at radius 3 is 2.10 bits per heavy atom. The van der Waals surface area contributed by atoms with E-state index >= 15 is 0 Å². The van der Waals surface area contributed by atoms with Crippen molar-refractivity contribution in [2.24, 2.45) is 5.92 Å². The van der Waals surface area contributed by atoms with Gasteiger partial charge in [0.1, 0.15) is 11.8 Å². The number of nitrogens with one attached hydrogen (secondary N) is 1. The summed E-state index contributed by atoms with van der Waals surface area (Å²) in [4.78, 5) is 51.5. The zero-order valence-corrected chi connectivity index (χ0v) is 31.6. The molecule has 10 heteroatoms. The number of carbonyl (C=O) groups excluding carboxylic acids is 2. The lowest BCUT2D eigenvalue weighted by Gasteiger charge is -2.22. The number of aromatic nitrogens is 2. The van der Waals surface area contributed by atoms with Gasteiger partial charge >= 0.3 is 5.97 Å². The number of carbonyl (C=O) groups is 3. The van der Waals surface area contributed by atoms with E-state index in [2.05, 4.69) is 43.0 Å². The van der Waals surface area contributed by atoms with Crippen LogP contribution < -0.4 is 10.1 Å². The highest BCUT2D eigenvalue weighted by Gasteiger charge is 2.29. The van der Waals surface area contributed by atoms with Gasteiger partial charge < -0.3 is 20.1 Å². The summed E-state index contributed by atoms with van der Waals surface area (Å²) in [5.74, 6) is -1.06. The Morgan fingerprint density at radius 2 is 1.51 bits per heavy atom. The first-order valence-electron chi connectivity index (χ1n) is 17.8. The fourth-order valence-corrected chi connectivity index (χ4v) is 6.67. The molecule has 0 radical (unpaired) electrons. The number of carboxylic acids is 1. The van der Waals surface area contributed by atoms with Gasteiger partial charge in [-0.2, -0.15) is 0 Å². The first kappa shape index (κ1) is 39.4. The van der Waals surface area contributed by atoms with Gasteiger partial charge in [-0.25, -0.2) is 14.8 Å². The molecule has 0 aliphatic rings. The van der Waals surface area contributed by atoms with Gasteiger partial charge in [-0.1, -0.05) is 89.8 Å². The predicted octanol–water partition coefficient (Wildman–Crippen LogP) is 8.08. The summed E-state index contributed by atoms with van der Waals surface area (Å²) in [6, 6.07) is 18.2. The maximum Gasteiger partial charge on any atom is 0.327 e. The second-order valence-corrected chi connectivity index (χ2v) is 15.5. The standard InChI is InChI=1S/C41H52N4O5S/c1-7-8-9-10-11-22-50-33-18-16-29(17-19-33)32-25-42-38(43-26-32)30-14-12-28(13-15-30)23-31(39(47)44-34(40(48)49)27-45(5)6)24-35(46)36-20-21-37(51-36)41(2,3)4/h12-21,25-26,31,34H,7-11,22-24,27H2,1-6H3,(H,44,47)(H,48,49)/t31-,34?/m1/s1.